The Morgan fingerprint density at radius 2 is 1.62 bits per heavy atom. The molecule has 0 saturated carbocycles. The van der Waals surface area contributed by atoms with E-state index in [1.54, 1.807) is 24.3 Å². The molecule has 0 amide bonds. The number of Topliss-reactive ketones (excluding diaryl/α,β-unsaturated/α-hetero) is 1. The monoisotopic (exact) mass is 632 g/mol. The van der Waals surface area contributed by atoms with Crippen molar-refractivity contribution in [2.24, 2.45) is 5.73 Å². The van der Waals surface area contributed by atoms with Crippen molar-refractivity contribution in [3.8, 4) is 0 Å². The summed E-state index contributed by atoms with van der Waals surface area (Å²) < 4.78 is 75.1. The summed E-state index contributed by atoms with van der Waals surface area (Å²) in [6.07, 6.45) is -5.18. The van der Waals surface area contributed by atoms with Gasteiger partial charge in [0, 0.05) is 18.9 Å². The maximum atomic E-state index is 13.7. The van der Waals surface area contributed by atoms with Gasteiger partial charge in [-0.2, -0.15) is 13.2 Å². The minimum atomic E-state index is -4.41. The molecular weight excluding hydrogens is 595 g/mol. The van der Waals surface area contributed by atoms with Gasteiger partial charge in [0.25, 0.3) is 0 Å². The lowest BCUT2D eigenvalue weighted by Crippen LogP contribution is -2.49. The second-order valence-corrected chi connectivity index (χ2v) is 11.4. The van der Waals surface area contributed by atoms with E-state index >= 15 is 0 Å². The Hall–Kier alpha value is -3.67. The van der Waals surface area contributed by atoms with Crippen molar-refractivity contribution in [1.82, 2.24) is 5.32 Å². The maximum absolute atomic E-state index is 13.7. The summed E-state index contributed by atoms with van der Waals surface area (Å²) in [7, 11) is 0. The smallest absolute Gasteiger partial charge is 0.389 e. The van der Waals surface area contributed by atoms with E-state index in [1.165, 1.54) is 24.3 Å². The third kappa shape index (κ3) is 10.2. The van der Waals surface area contributed by atoms with Crippen LogP contribution < -0.4 is 11.1 Å². The molecule has 0 radical (unpaired) electrons. The molecular formula is C34H37F5N2O4. The number of aryl methyl sites for hydroxylation is 1. The van der Waals surface area contributed by atoms with Crippen LogP contribution in [0.3, 0.4) is 0 Å². The molecule has 242 valence electrons. The SMILES string of the molecule is Cc1cccc(CC(=O)[C@@H](N)C(c2ccc(F)cc2)c2ccc(F)cc2)c1CC[C@@H]1CN[C@H](COC(=O)CCC(F)(F)F)CO1. The number of hydrogen-bond acceptors (Lipinski definition) is 6. The summed E-state index contributed by atoms with van der Waals surface area (Å²) in [6.45, 7) is 2.59. The molecule has 4 rings (SSSR count). The number of nitrogens with two attached hydrogens (primary N) is 1. The molecule has 0 aliphatic carbocycles. The van der Waals surface area contributed by atoms with Crippen molar-refractivity contribution < 1.29 is 41.0 Å². The Morgan fingerprint density at radius 3 is 2.18 bits per heavy atom. The Kier molecular flexibility index (Phi) is 11.8. The van der Waals surface area contributed by atoms with Crippen molar-refractivity contribution in [2.45, 2.75) is 69.3 Å². The highest BCUT2D eigenvalue weighted by Crippen LogP contribution is 2.30. The Bertz CT molecular complexity index is 1380. The largest absolute Gasteiger partial charge is 0.464 e. The summed E-state index contributed by atoms with van der Waals surface area (Å²) in [5, 5.41) is 3.22. The Balaban J connectivity index is 1.35. The fourth-order valence-electron chi connectivity index (χ4n) is 5.50. The van der Waals surface area contributed by atoms with E-state index < -0.39 is 48.6 Å². The molecule has 0 unspecified atom stereocenters. The second-order valence-electron chi connectivity index (χ2n) is 11.4. The number of alkyl halides is 3. The van der Waals surface area contributed by atoms with Crippen LogP contribution in [0.1, 0.15) is 53.0 Å². The molecule has 0 aromatic heterocycles. The van der Waals surface area contributed by atoms with Gasteiger partial charge in [-0.3, -0.25) is 9.59 Å². The summed E-state index contributed by atoms with van der Waals surface area (Å²) in [6, 6.07) is 16.0. The van der Waals surface area contributed by atoms with Crippen LogP contribution >= 0.6 is 0 Å². The molecule has 1 fully saturated rings. The van der Waals surface area contributed by atoms with Crippen LogP contribution in [0.4, 0.5) is 22.0 Å². The van der Waals surface area contributed by atoms with E-state index in [4.69, 9.17) is 15.2 Å². The third-order valence-corrected chi connectivity index (χ3v) is 8.00. The van der Waals surface area contributed by atoms with E-state index in [-0.39, 0.29) is 37.6 Å². The number of hydrogen-bond donors (Lipinski definition) is 2. The van der Waals surface area contributed by atoms with E-state index in [1.807, 2.05) is 25.1 Å². The van der Waals surface area contributed by atoms with Crippen molar-refractivity contribution >= 4 is 11.8 Å². The topological polar surface area (TPSA) is 90.7 Å². The summed E-state index contributed by atoms with van der Waals surface area (Å²) in [4.78, 5) is 25.2. The summed E-state index contributed by atoms with van der Waals surface area (Å²) in [5.41, 5.74) is 10.7. The van der Waals surface area contributed by atoms with E-state index in [2.05, 4.69) is 5.32 Å². The minimum Gasteiger partial charge on any atom is -0.464 e. The molecule has 6 nitrogen and oxygen atoms in total. The molecule has 3 atom stereocenters. The average Bonchev–Trinajstić information content (AvgIpc) is 3.01. The van der Waals surface area contributed by atoms with Gasteiger partial charge in [0.15, 0.2) is 5.78 Å². The van der Waals surface area contributed by atoms with Crippen LogP contribution in [-0.2, 0) is 31.9 Å². The molecule has 1 aliphatic rings. The zero-order chi connectivity index (χ0) is 32.6. The first-order valence-corrected chi connectivity index (χ1v) is 14.8. The van der Waals surface area contributed by atoms with Gasteiger partial charge in [-0.05, 0) is 71.8 Å². The Morgan fingerprint density at radius 1 is 1.00 bits per heavy atom. The fraction of sp³-hybridized carbons (Fsp3) is 0.412. The van der Waals surface area contributed by atoms with Crippen LogP contribution in [0.25, 0.3) is 0 Å². The van der Waals surface area contributed by atoms with Gasteiger partial charge in [0.1, 0.15) is 18.2 Å². The first kappa shape index (κ1) is 34.2. The third-order valence-electron chi connectivity index (χ3n) is 8.00. The molecule has 3 aromatic rings. The van der Waals surface area contributed by atoms with Gasteiger partial charge in [0.05, 0.1) is 37.6 Å². The van der Waals surface area contributed by atoms with Crippen LogP contribution in [0.2, 0.25) is 0 Å². The number of carbonyl (C=O) groups is 2. The highest BCUT2D eigenvalue weighted by Gasteiger charge is 2.30. The molecule has 3 N–H and O–H groups in total. The minimum absolute atomic E-state index is 0.0720. The molecule has 1 heterocycles. The van der Waals surface area contributed by atoms with Gasteiger partial charge in [-0.25, -0.2) is 8.78 Å². The predicted molar refractivity (Wildman–Crippen MR) is 159 cm³/mol. The standard InChI is InChI=1S/C34H37F5N2O4/c1-21-3-2-4-24(29(21)14-13-28-18-41-27(19-44-28)20-45-31(43)15-16-34(37,38)39)17-30(42)33(40)32(22-5-9-25(35)10-6-22)23-7-11-26(36)12-8-23/h2-12,27-28,32-33,41H,13-20,40H2,1H3/t27-,28+,33+/m0/s1. The zero-order valence-electron chi connectivity index (χ0n) is 24.9. The number of esters is 1. The number of rotatable bonds is 13. The highest BCUT2D eigenvalue weighted by molar-refractivity contribution is 5.88. The molecule has 11 heteroatoms. The van der Waals surface area contributed by atoms with Gasteiger partial charge >= 0.3 is 12.1 Å². The van der Waals surface area contributed by atoms with Crippen LogP contribution in [0.5, 0.6) is 0 Å². The van der Waals surface area contributed by atoms with Gasteiger partial charge in [-0.15, -0.1) is 0 Å². The molecule has 0 spiro atoms. The maximum Gasteiger partial charge on any atom is 0.389 e. The van der Waals surface area contributed by atoms with E-state index in [0.717, 1.165) is 16.7 Å². The summed E-state index contributed by atoms with van der Waals surface area (Å²) >= 11 is 0. The predicted octanol–water partition coefficient (Wildman–Crippen LogP) is 5.72. The van der Waals surface area contributed by atoms with Gasteiger partial charge in [0.2, 0.25) is 0 Å². The van der Waals surface area contributed by atoms with Crippen molar-refractivity contribution in [1.29, 1.82) is 0 Å². The lowest BCUT2D eigenvalue weighted by atomic mass is 9.81. The molecule has 1 aliphatic heterocycles. The number of ketones is 1. The number of halogens is 5. The van der Waals surface area contributed by atoms with Crippen molar-refractivity contribution in [3.05, 3.63) is 106 Å². The second kappa shape index (κ2) is 15.6. The molecule has 1 saturated heterocycles. The molecule has 45 heavy (non-hydrogen) atoms. The highest BCUT2D eigenvalue weighted by atomic mass is 19.4. The van der Waals surface area contributed by atoms with Gasteiger partial charge < -0.3 is 20.5 Å². The lowest BCUT2D eigenvalue weighted by Gasteiger charge is -2.30. The lowest BCUT2D eigenvalue weighted by molar-refractivity contribution is -0.158. The molecule has 3 aromatic carbocycles. The molecule has 0 bridgehead atoms. The van der Waals surface area contributed by atoms with Crippen LogP contribution in [0, 0.1) is 18.6 Å². The fourth-order valence-corrected chi connectivity index (χ4v) is 5.50. The van der Waals surface area contributed by atoms with Crippen molar-refractivity contribution in [3.63, 3.8) is 0 Å². The van der Waals surface area contributed by atoms with Crippen molar-refractivity contribution in [2.75, 3.05) is 19.8 Å². The van der Waals surface area contributed by atoms with Crippen LogP contribution in [0.15, 0.2) is 66.7 Å². The number of carbonyl (C=O) groups excluding carboxylic acids is 2. The summed E-state index contributed by atoms with van der Waals surface area (Å²) in [5.74, 6) is -2.57. The first-order valence-electron chi connectivity index (χ1n) is 14.8. The zero-order valence-corrected chi connectivity index (χ0v) is 24.9. The van der Waals surface area contributed by atoms with E-state index in [9.17, 15) is 31.5 Å². The first-order chi connectivity index (χ1) is 21.4. The number of morpholine rings is 1. The number of ether oxygens (including phenoxy) is 2. The average molecular weight is 633 g/mol. The Labute approximate surface area is 259 Å². The van der Waals surface area contributed by atoms with Crippen LogP contribution in [-0.4, -0.2) is 55.9 Å². The quantitative estimate of drug-likeness (QED) is 0.185. The number of nitrogens with one attached hydrogen (secondary N) is 1. The van der Waals surface area contributed by atoms with Gasteiger partial charge in [-0.1, -0.05) is 42.5 Å². The number of benzene rings is 3. The van der Waals surface area contributed by atoms with E-state index in [0.29, 0.717) is 30.5 Å². The normalized spacial score (nSPS) is 17.7.